The first-order chi connectivity index (χ1) is 14.1. The van der Waals surface area contributed by atoms with Crippen molar-refractivity contribution in [2.24, 2.45) is 0 Å². The zero-order valence-electron chi connectivity index (χ0n) is 16.1. The van der Waals surface area contributed by atoms with E-state index in [2.05, 4.69) is 15.9 Å². The Morgan fingerprint density at radius 2 is 1.72 bits per heavy atom. The molecule has 4 rings (SSSR count). The van der Waals surface area contributed by atoms with Gasteiger partial charge in [0.1, 0.15) is 12.4 Å². The van der Waals surface area contributed by atoms with Crippen LogP contribution in [0.3, 0.4) is 0 Å². The van der Waals surface area contributed by atoms with Crippen molar-refractivity contribution < 1.29 is 14.6 Å². The molecule has 0 bridgehead atoms. The van der Waals surface area contributed by atoms with Gasteiger partial charge < -0.3 is 14.7 Å². The van der Waals surface area contributed by atoms with Crippen LogP contribution in [0.4, 0.5) is 5.69 Å². The number of aromatic carboxylic acids is 1. The van der Waals surface area contributed by atoms with Crippen LogP contribution in [0.15, 0.2) is 60.7 Å². The molecule has 0 radical (unpaired) electrons. The number of rotatable bonds is 6. The number of benzene rings is 3. The van der Waals surface area contributed by atoms with Gasteiger partial charge in [0.25, 0.3) is 0 Å². The molecule has 3 aromatic rings. The fourth-order valence-electron chi connectivity index (χ4n) is 3.64. The number of nitrogens with zero attached hydrogens (tertiary/aromatic N) is 2. The van der Waals surface area contributed by atoms with Crippen molar-refractivity contribution in [1.82, 2.24) is 4.90 Å². The normalized spacial score (nSPS) is 14.9. The van der Waals surface area contributed by atoms with Crippen LogP contribution in [0.2, 0.25) is 5.02 Å². The lowest BCUT2D eigenvalue weighted by atomic mass is 10.1. The fraction of sp³-hybridized carbons (Fsp3) is 0.261. The standard InChI is InChI=1S/C23H23ClN2O3/c24-20-2-1-3-21(16-20)26-10-8-25(9-11-26)12-13-29-22-7-6-17-14-19(23(27)28)5-4-18(17)15-22/h1-7,14-16H,8-13H2,(H,27,28). The Morgan fingerprint density at radius 1 is 0.966 bits per heavy atom. The highest BCUT2D eigenvalue weighted by molar-refractivity contribution is 6.30. The van der Waals surface area contributed by atoms with Gasteiger partial charge in [-0.15, -0.1) is 0 Å². The van der Waals surface area contributed by atoms with Gasteiger partial charge in [0.15, 0.2) is 0 Å². The second-order valence-corrected chi connectivity index (χ2v) is 7.62. The van der Waals surface area contributed by atoms with Crippen molar-refractivity contribution >= 4 is 34.0 Å². The van der Waals surface area contributed by atoms with E-state index in [1.54, 1.807) is 12.1 Å². The van der Waals surface area contributed by atoms with Gasteiger partial charge >= 0.3 is 5.97 Å². The van der Waals surface area contributed by atoms with Crippen LogP contribution in [-0.4, -0.2) is 55.3 Å². The summed E-state index contributed by atoms with van der Waals surface area (Å²) in [5.74, 6) is -0.110. The van der Waals surface area contributed by atoms with Crippen molar-refractivity contribution in [2.45, 2.75) is 0 Å². The van der Waals surface area contributed by atoms with Crippen molar-refractivity contribution in [2.75, 3.05) is 44.2 Å². The first-order valence-corrected chi connectivity index (χ1v) is 10.1. The average Bonchev–Trinajstić information content (AvgIpc) is 2.74. The topological polar surface area (TPSA) is 53.0 Å². The first kappa shape index (κ1) is 19.6. The van der Waals surface area contributed by atoms with Gasteiger partial charge in [-0.25, -0.2) is 4.79 Å². The Labute approximate surface area is 175 Å². The smallest absolute Gasteiger partial charge is 0.335 e. The third-order valence-corrected chi connectivity index (χ3v) is 5.52. The SMILES string of the molecule is O=C(O)c1ccc2cc(OCCN3CCN(c4cccc(Cl)c4)CC3)ccc2c1. The maximum atomic E-state index is 11.1. The van der Waals surface area contributed by atoms with E-state index in [0.717, 1.165) is 54.3 Å². The van der Waals surface area contributed by atoms with E-state index < -0.39 is 5.97 Å². The molecule has 1 fully saturated rings. The number of carboxylic acid groups (broad SMARTS) is 1. The zero-order valence-corrected chi connectivity index (χ0v) is 16.8. The van der Waals surface area contributed by atoms with E-state index in [1.807, 2.05) is 42.5 Å². The highest BCUT2D eigenvalue weighted by atomic mass is 35.5. The lowest BCUT2D eigenvalue weighted by molar-refractivity contribution is 0.0697. The van der Waals surface area contributed by atoms with Crippen LogP contribution in [0.5, 0.6) is 5.75 Å². The zero-order chi connectivity index (χ0) is 20.2. The molecule has 0 spiro atoms. The minimum Gasteiger partial charge on any atom is -0.492 e. The summed E-state index contributed by atoms with van der Waals surface area (Å²) < 4.78 is 5.93. The average molecular weight is 411 g/mol. The van der Waals surface area contributed by atoms with Crippen LogP contribution in [0.25, 0.3) is 10.8 Å². The molecule has 1 aliphatic heterocycles. The molecule has 0 atom stereocenters. The Morgan fingerprint density at radius 3 is 2.48 bits per heavy atom. The van der Waals surface area contributed by atoms with E-state index in [0.29, 0.717) is 12.2 Å². The highest BCUT2D eigenvalue weighted by Crippen LogP contribution is 2.23. The van der Waals surface area contributed by atoms with Crippen molar-refractivity contribution in [3.8, 4) is 5.75 Å². The minimum atomic E-state index is -0.914. The summed E-state index contributed by atoms with van der Waals surface area (Å²) >= 11 is 6.10. The molecule has 5 nitrogen and oxygen atoms in total. The molecular weight excluding hydrogens is 388 g/mol. The van der Waals surface area contributed by atoms with Crippen LogP contribution < -0.4 is 9.64 Å². The number of carboxylic acids is 1. The van der Waals surface area contributed by atoms with E-state index in [1.165, 1.54) is 5.69 Å². The molecule has 0 amide bonds. The Hall–Kier alpha value is -2.76. The van der Waals surface area contributed by atoms with Gasteiger partial charge in [0, 0.05) is 43.4 Å². The summed E-state index contributed by atoms with van der Waals surface area (Å²) in [6.45, 7) is 5.43. The predicted molar refractivity (Wildman–Crippen MR) is 117 cm³/mol. The lowest BCUT2D eigenvalue weighted by Crippen LogP contribution is -2.47. The molecule has 150 valence electrons. The molecule has 1 aliphatic rings. The van der Waals surface area contributed by atoms with Crippen molar-refractivity contribution in [3.05, 3.63) is 71.2 Å². The maximum absolute atomic E-state index is 11.1. The van der Waals surface area contributed by atoms with E-state index >= 15 is 0 Å². The largest absolute Gasteiger partial charge is 0.492 e. The predicted octanol–water partition coefficient (Wildman–Crippen LogP) is 4.39. The summed E-state index contributed by atoms with van der Waals surface area (Å²) in [6, 6.07) is 18.9. The van der Waals surface area contributed by atoms with E-state index in [4.69, 9.17) is 21.4 Å². The van der Waals surface area contributed by atoms with Crippen LogP contribution in [0, 0.1) is 0 Å². The van der Waals surface area contributed by atoms with Gasteiger partial charge in [-0.05, 0) is 53.2 Å². The number of anilines is 1. The second kappa shape index (κ2) is 8.72. The minimum absolute atomic E-state index is 0.295. The van der Waals surface area contributed by atoms with Gasteiger partial charge in [0.05, 0.1) is 5.56 Å². The lowest BCUT2D eigenvalue weighted by Gasteiger charge is -2.36. The summed E-state index contributed by atoms with van der Waals surface area (Å²) in [7, 11) is 0. The van der Waals surface area contributed by atoms with Crippen molar-refractivity contribution in [1.29, 1.82) is 0 Å². The number of hydrogen-bond donors (Lipinski definition) is 1. The quantitative estimate of drug-likeness (QED) is 0.653. The molecule has 29 heavy (non-hydrogen) atoms. The molecular formula is C23H23ClN2O3. The summed E-state index contributed by atoms with van der Waals surface area (Å²) in [6.07, 6.45) is 0. The molecule has 0 saturated carbocycles. The summed E-state index contributed by atoms with van der Waals surface area (Å²) in [5.41, 5.74) is 1.47. The number of ether oxygens (including phenoxy) is 1. The molecule has 0 aromatic heterocycles. The van der Waals surface area contributed by atoms with Gasteiger partial charge in [-0.3, -0.25) is 4.90 Å². The molecule has 0 unspecified atom stereocenters. The van der Waals surface area contributed by atoms with Crippen LogP contribution in [-0.2, 0) is 0 Å². The summed E-state index contributed by atoms with van der Waals surface area (Å²) in [5, 5.41) is 11.7. The van der Waals surface area contributed by atoms with Crippen molar-refractivity contribution in [3.63, 3.8) is 0 Å². The Bertz CT molecular complexity index is 1020. The first-order valence-electron chi connectivity index (χ1n) is 9.71. The monoisotopic (exact) mass is 410 g/mol. The molecule has 1 heterocycles. The molecule has 1 saturated heterocycles. The molecule has 0 aliphatic carbocycles. The number of fused-ring (bicyclic) bond motifs is 1. The molecule has 6 heteroatoms. The van der Waals surface area contributed by atoms with E-state index in [-0.39, 0.29) is 0 Å². The van der Waals surface area contributed by atoms with Gasteiger partial charge in [-0.2, -0.15) is 0 Å². The number of piperazine rings is 1. The molecule has 3 aromatic carbocycles. The number of carbonyl (C=O) groups is 1. The summed E-state index contributed by atoms with van der Waals surface area (Å²) in [4.78, 5) is 15.8. The number of hydrogen-bond acceptors (Lipinski definition) is 4. The third-order valence-electron chi connectivity index (χ3n) is 5.28. The highest BCUT2D eigenvalue weighted by Gasteiger charge is 2.17. The Balaban J connectivity index is 1.27. The van der Waals surface area contributed by atoms with Crippen LogP contribution >= 0.6 is 11.6 Å². The second-order valence-electron chi connectivity index (χ2n) is 7.19. The van der Waals surface area contributed by atoms with Gasteiger partial charge in [-0.1, -0.05) is 29.8 Å². The number of halogens is 1. The maximum Gasteiger partial charge on any atom is 0.335 e. The fourth-order valence-corrected chi connectivity index (χ4v) is 3.83. The molecule has 1 N–H and O–H groups in total. The van der Waals surface area contributed by atoms with Crippen LogP contribution in [0.1, 0.15) is 10.4 Å². The Kier molecular flexibility index (Phi) is 5.88. The van der Waals surface area contributed by atoms with Gasteiger partial charge in [0.2, 0.25) is 0 Å². The van der Waals surface area contributed by atoms with E-state index in [9.17, 15) is 4.79 Å². The third kappa shape index (κ3) is 4.81.